The number of hydrogen-bond donors (Lipinski definition) is 2. The molecule has 1 aliphatic rings. The number of rotatable bonds is 3. The minimum Gasteiger partial charge on any atom is -0.465 e. The lowest BCUT2D eigenvalue weighted by molar-refractivity contribution is -0.137. The van der Waals surface area contributed by atoms with Crippen LogP contribution in [0.1, 0.15) is 24.8 Å². The maximum atomic E-state index is 13.1. The van der Waals surface area contributed by atoms with E-state index in [1.165, 1.54) is 21.7 Å². The summed E-state index contributed by atoms with van der Waals surface area (Å²) in [6.07, 6.45) is -1.66. The minimum atomic E-state index is -4.43. The van der Waals surface area contributed by atoms with Gasteiger partial charge in [0.05, 0.1) is 17.5 Å². The Bertz CT molecular complexity index is 1070. The quantitative estimate of drug-likeness (QED) is 0.659. The molecule has 1 fully saturated rings. The van der Waals surface area contributed by atoms with Crippen molar-refractivity contribution in [1.29, 1.82) is 0 Å². The van der Waals surface area contributed by atoms with Crippen molar-refractivity contribution in [2.24, 2.45) is 0 Å². The van der Waals surface area contributed by atoms with E-state index in [9.17, 15) is 18.0 Å². The zero-order chi connectivity index (χ0) is 21.3. The van der Waals surface area contributed by atoms with Gasteiger partial charge in [0.2, 0.25) is 0 Å². The molecule has 1 amide bonds. The number of anilines is 1. The molecule has 2 aromatic heterocycles. The Labute approximate surface area is 170 Å². The number of hydrogen-bond acceptors (Lipinski definition) is 4. The lowest BCUT2D eigenvalue weighted by atomic mass is 10.1. The van der Waals surface area contributed by atoms with Crippen LogP contribution in [0.5, 0.6) is 0 Å². The van der Waals surface area contributed by atoms with Gasteiger partial charge in [-0.15, -0.1) is 5.10 Å². The van der Waals surface area contributed by atoms with Crippen molar-refractivity contribution in [3.8, 4) is 11.3 Å². The number of nitrogens with zero attached hydrogens (tertiary/aromatic N) is 4. The summed E-state index contributed by atoms with van der Waals surface area (Å²) >= 11 is 0. The van der Waals surface area contributed by atoms with Gasteiger partial charge < -0.3 is 15.3 Å². The van der Waals surface area contributed by atoms with E-state index >= 15 is 0 Å². The van der Waals surface area contributed by atoms with E-state index in [1.807, 2.05) is 0 Å². The van der Waals surface area contributed by atoms with E-state index in [1.54, 1.807) is 18.2 Å². The van der Waals surface area contributed by atoms with E-state index in [4.69, 9.17) is 5.11 Å². The van der Waals surface area contributed by atoms with Crippen LogP contribution in [0, 0.1) is 0 Å². The van der Waals surface area contributed by atoms with Crippen molar-refractivity contribution in [2.75, 3.05) is 18.4 Å². The van der Waals surface area contributed by atoms with Gasteiger partial charge in [0.25, 0.3) is 0 Å². The third kappa shape index (κ3) is 4.17. The number of imidazole rings is 1. The summed E-state index contributed by atoms with van der Waals surface area (Å²) in [5.41, 5.74) is 0.614. The molecular formula is C20H20F3N5O2. The summed E-state index contributed by atoms with van der Waals surface area (Å²) in [5.74, 6) is 0.558. The first-order chi connectivity index (χ1) is 14.3. The number of likely N-dealkylation sites (tertiary alicyclic amines) is 1. The normalized spacial score (nSPS) is 17.7. The average Bonchev–Trinajstić information content (AvgIpc) is 2.98. The van der Waals surface area contributed by atoms with Crippen LogP contribution >= 0.6 is 0 Å². The molecule has 158 valence electrons. The van der Waals surface area contributed by atoms with Crippen LogP contribution in [0.3, 0.4) is 0 Å². The van der Waals surface area contributed by atoms with Crippen molar-refractivity contribution in [1.82, 2.24) is 19.5 Å². The van der Waals surface area contributed by atoms with Crippen molar-refractivity contribution in [3.05, 3.63) is 48.2 Å². The van der Waals surface area contributed by atoms with Gasteiger partial charge in [0.1, 0.15) is 5.82 Å². The zero-order valence-electron chi connectivity index (χ0n) is 15.9. The molecule has 0 bridgehead atoms. The topological polar surface area (TPSA) is 82.8 Å². The highest BCUT2D eigenvalue weighted by molar-refractivity contribution is 5.65. The highest BCUT2D eigenvalue weighted by Crippen LogP contribution is 2.32. The number of fused-ring (bicyclic) bond motifs is 1. The van der Waals surface area contributed by atoms with Gasteiger partial charge in [-0.05, 0) is 43.5 Å². The maximum absolute atomic E-state index is 13.1. The predicted molar refractivity (Wildman–Crippen MR) is 104 cm³/mol. The molecule has 1 saturated heterocycles. The molecule has 4 rings (SSSR count). The molecule has 10 heteroatoms. The molecule has 0 radical (unpaired) electrons. The van der Waals surface area contributed by atoms with Crippen LogP contribution in [0.4, 0.5) is 23.8 Å². The number of nitrogens with one attached hydrogen (secondary N) is 1. The largest absolute Gasteiger partial charge is 0.465 e. The summed E-state index contributed by atoms with van der Waals surface area (Å²) in [4.78, 5) is 16.8. The Morgan fingerprint density at radius 1 is 1.17 bits per heavy atom. The van der Waals surface area contributed by atoms with E-state index < -0.39 is 17.8 Å². The van der Waals surface area contributed by atoms with Crippen molar-refractivity contribution in [2.45, 2.75) is 31.5 Å². The molecule has 0 aliphatic carbocycles. The van der Waals surface area contributed by atoms with E-state index in [0.29, 0.717) is 42.2 Å². The van der Waals surface area contributed by atoms with Gasteiger partial charge in [0, 0.05) is 24.7 Å². The fourth-order valence-corrected chi connectivity index (χ4v) is 3.64. The Hall–Kier alpha value is -3.30. The van der Waals surface area contributed by atoms with Crippen LogP contribution in [0.2, 0.25) is 0 Å². The monoisotopic (exact) mass is 419 g/mol. The number of benzene rings is 1. The second-order valence-corrected chi connectivity index (χ2v) is 7.25. The lowest BCUT2D eigenvalue weighted by Gasteiger charge is -2.18. The van der Waals surface area contributed by atoms with Gasteiger partial charge in [-0.2, -0.15) is 13.2 Å². The minimum absolute atomic E-state index is 0.0554. The first-order valence-electron chi connectivity index (χ1n) is 9.58. The Balaban J connectivity index is 1.59. The fourth-order valence-electron chi connectivity index (χ4n) is 3.64. The molecule has 1 atom stereocenters. The van der Waals surface area contributed by atoms with Crippen molar-refractivity contribution in [3.63, 3.8) is 0 Å². The first-order valence-corrected chi connectivity index (χ1v) is 9.58. The van der Waals surface area contributed by atoms with Crippen LogP contribution in [-0.2, 0) is 6.18 Å². The first kappa shape index (κ1) is 20.0. The molecule has 2 N–H and O–H groups in total. The van der Waals surface area contributed by atoms with E-state index in [2.05, 4.69) is 15.4 Å². The molecule has 3 aromatic rings. The Morgan fingerprint density at radius 2 is 2.00 bits per heavy atom. The number of amides is 1. The highest BCUT2D eigenvalue weighted by atomic mass is 19.4. The SMILES string of the molecule is O=C(O)N1CCCC(Nc2ccc3ncc(-c4cccc(C(F)(F)F)c4)n3n2)CC1. The summed E-state index contributed by atoms with van der Waals surface area (Å²) in [6.45, 7) is 0.941. The molecule has 1 aliphatic heterocycles. The van der Waals surface area contributed by atoms with E-state index in [0.717, 1.165) is 25.0 Å². The molecule has 3 heterocycles. The summed E-state index contributed by atoms with van der Waals surface area (Å²) in [6, 6.07) is 8.62. The van der Waals surface area contributed by atoms with Gasteiger partial charge >= 0.3 is 12.3 Å². The van der Waals surface area contributed by atoms with Crippen molar-refractivity contribution < 1.29 is 23.1 Å². The number of aromatic nitrogens is 3. The Morgan fingerprint density at radius 3 is 2.77 bits per heavy atom. The van der Waals surface area contributed by atoms with Gasteiger partial charge in [-0.3, -0.25) is 0 Å². The van der Waals surface area contributed by atoms with Crippen LogP contribution < -0.4 is 5.32 Å². The molecular weight excluding hydrogens is 399 g/mol. The summed E-state index contributed by atoms with van der Waals surface area (Å²) in [5, 5.41) is 17.0. The number of carboxylic acid groups (broad SMARTS) is 1. The predicted octanol–water partition coefficient (Wildman–Crippen LogP) is 4.36. The number of halogens is 3. The maximum Gasteiger partial charge on any atom is 0.416 e. The molecule has 30 heavy (non-hydrogen) atoms. The second-order valence-electron chi connectivity index (χ2n) is 7.25. The van der Waals surface area contributed by atoms with Crippen molar-refractivity contribution >= 4 is 17.6 Å². The lowest BCUT2D eigenvalue weighted by Crippen LogP contribution is -2.31. The zero-order valence-corrected chi connectivity index (χ0v) is 15.9. The van der Waals surface area contributed by atoms with Crippen LogP contribution in [-0.4, -0.2) is 49.8 Å². The fraction of sp³-hybridized carbons (Fsp3) is 0.350. The average molecular weight is 419 g/mol. The van der Waals surface area contributed by atoms with Gasteiger partial charge in [-0.25, -0.2) is 14.3 Å². The summed E-state index contributed by atoms with van der Waals surface area (Å²) in [7, 11) is 0. The summed E-state index contributed by atoms with van der Waals surface area (Å²) < 4.78 is 40.7. The molecule has 1 unspecified atom stereocenters. The van der Waals surface area contributed by atoms with E-state index in [-0.39, 0.29) is 6.04 Å². The van der Waals surface area contributed by atoms with Gasteiger partial charge in [-0.1, -0.05) is 12.1 Å². The molecule has 1 aromatic carbocycles. The highest BCUT2D eigenvalue weighted by Gasteiger charge is 2.30. The van der Waals surface area contributed by atoms with Crippen LogP contribution in [0.25, 0.3) is 16.9 Å². The van der Waals surface area contributed by atoms with Crippen LogP contribution in [0.15, 0.2) is 42.6 Å². The number of carbonyl (C=O) groups is 1. The standard InChI is InChI=1S/C20H20F3N5O2/c21-20(22,23)14-4-1-3-13(11-14)16-12-24-18-7-6-17(26-28(16)18)25-15-5-2-9-27(10-8-15)19(29)30/h1,3-4,6-7,11-12,15H,2,5,8-10H2,(H,25,26)(H,29,30). The number of alkyl halides is 3. The molecule has 0 spiro atoms. The molecule has 0 saturated carbocycles. The third-order valence-corrected chi connectivity index (χ3v) is 5.20. The Kier molecular flexibility index (Phi) is 5.23. The smallest absolute Gasteiger partial charge is 0.416 e. The second kappa shape index (κ2) is 7.85. The third-order valence-electron chi connectivity index (χ3n) is 5.20. The van der Waals surface area contributed by atoms with Gasteiger partial charge in [0.15, 0.2) is 5.65 Å². The molecule has 7 nitrogen and oxygen atoms in total.